The summed E-state index contributed by atoms with van der Waals surface area (Å²) >= 11 is 5.61. The van der Waals surface area contributed by atoms with Crippen LogP contribution in [0.3, 0.4) is 0 Å². The zero-order chi connectivity index (χ0) is 15.7. The highest BCUT2D eigenvalue weighted by molar-refractivity contribution is 7.89. The molecule has 0 amide bonds. The van der Waals surface area contributed by atoms with E-state index in [2.05, 4.69) is 11.6 Å². The van der Waals surface area contributed by atoms with Gasteiger partial charge in [-0.1, -0.05) is 18.5 Å². The van der Waals surface area contributed by atoms with E-state index >= 15 is 0 Å². The molecule has 0 unspecified atom stereocenters. The molecule has 0 heterocycles. The summed E-state index contributed by atoms with van der Waals surface area (Å²) in [7, 11) is -4.00. The molecule has 4 nitrogen and oxygen atoms in total. The van der Waals surface area contributed by atoms with Crippen LogP contribution in [-0.2, 0) is 10.0 Å². The van der Waals surface area contributed by atoms with Gasteiger partial charge in [0, 0.05) is 11.6 Å². The fourth-order valence-corrected chi connectivity index (χ4v) is 3.81. The van der Waals surface area contributed by atoms with E-state index in [0.29, 0.717) is 18.8 Å². The third-order valence-electron chi connectivity index (χ3n) is 3.98. The number of benzene rings is 1. The SMILES string of the molecule is CC1CCC(O)(CNS(=O)(=O)c2ccc(Cl)cc2F)CC1. The Kier molecular flexibility index (Phi) is 4.92. The second-order valence-electron chi connectivity index (χ2n) is 5.81. The molecule has 1 aliphatic carbocycles. The minimum atomic E-state index is -4.00. The molecule has 21 heavy (non-hydrogen) atoms. The first kappa shape index (κ1) is 16.7. The summed E-state index contributed by atoms with van der Waals surface area (Å²) in [5, 5.41) is 10.5. The predicted octanol–water partition coefficient (Wildman–Crippen LogP) is 2.70. The Morgan fingerprint density at radius 3 is 2.62 bits per heavy atom. The lowest BCUT2D eigenvalue weighted by Gasteiger charge is -2.34. The number of hydrogen-bond acceptors (Lipinski definition) is 3. The lowest BCUT2D eigenvalue weighted by atomic mass is 9.80. The van der Waals surface area contributed by atoms with Gasteiger partial charge in [0.05, 0.1) is 5.60 Å². The summed E-state index contributed by atoms with van der Waals surface area (Å²) in [5.41, 5.74) is -1.05. The van der Waals surface area contributed by atoms with E-state index in [1.807, 2.05) is 0 Å². The summed E-state index contributed by atoms with van der Waals surface area (Å²) in [6.45, 7) is 2.00. The van der Waals surface area contributed by atoms with Gasteiger partial charge in [-0.2, -0.15) is 0 Å². The van der Waals surface area contributed by atoms with Gasteiger partial charge < -0.3 is 5.11 Å². The Labute approximate surface area is 129 Å². The lowest BCUT2D eigenvalue weighted by Crippen LogP contribution is -2.45. The van der Waals surface area contributed by atoms with Crippen molar-refractivity contribution in [3.8, 4) is 0 Å². The molecule has 0 saturated heterocycles. The number of hydrogen-bond donors (Lipinski definition) is 2. The van der Waals surface area contributed by atoms with Crippen molar-refractivity contribution >= 4 is 21.6 Å². The molecule has 118 valence electrons. The highest BCUT2D eigenvalue weighted by Crippen LogP contribution is 2.31. The molecule has 1 aromatic carbocycles. The standard InChI is InChI=1S/C14H19ClFNO3S/c1-10-4-6-14(18,7-5-10)9-17-21(19,20)13-3-2-11(15)8-12(13)16/h2-3,8,10,17-18H,4-7,9H2,1H3. The van der Waals surface area contributed by atoms with Crippen LogP contribution in [0.5, 0.6) is 0 Å². The summed E-state index contributed by atoms with van der Waals surface area (Å²) in [4.78, 5) is -0.459. The molecule has 0 atom stereocenters. The third kappa shape index (κ3) is 4.16. The van der Waals surface area contributed by atoms with Gasteiger partial charge in [-0.15, -0.1) is 0 Å². The molecule has 2 N–H and O–H groups in total. The Morgan fingerprint density at radius 2 is 2.05 bits per heavy atom. The highest BCUT2D eigenvalue weighted by Gasteiger charge is 2.33. The first-order valence-corrected chi connectivity index (χ1v) is 8.75. The number of sulfonamides is 1. The number of halogens is 2. The van der Waals surface area contributed by atoms with E-state index < -0.39 is 26.3 Å². The fourth-order valence-electron chi connectivity index (χ4n) is 2.48. The monoisotopic (exact) mass is 335 g/mol. The van der Waals surface area contributed by atoms with Gasteiger partial charge in [0.15, 0.2) is 0 Å². The maximum absolute atomic E-state index is 13.7. The van der Waals surface area contributed by atoms with E-state index in [-0.39, 0.29) is 11.6 Å². The molecule has 1 aliphatic rings. The molecule has 0 aliphatic heterocycles. The van der Waals surface area contributed by atoms with Crippen molar-refractivity contribution in [3.05, 3.63) is 29.0 Å². The molecule has 2 rings (SSSR count). The maximum Gasteiger partial charge on any atom is 0.243 e. The van der Waals surface area contributed by atoms with Crippen molar-refractivity contribution in [1.29, 1.82) is 0 Å². The van der Waals surface area contributed by atoms with E-state index in [9.17, 15) is 17.9 Å². The molecular weight excluding hydrogens is 317 g/mol. The first-order valence-electron chi connectivity index (χ1n) is 6.89. The van der Waals surface area contributed by atoms with Crippen LogP contribution in [0.4, 0.5) is 4.39 Å². The van der Waals surface area contributed by atoms with Crippen LogP contribution in [0.15, 0.2) is 23.1 Å². The molecule has 0 radical (unpaired) electrons. The maximum atomic E-state index is 13.7. The van der Waals surface area contributed by atoms with E-state index in [0.717, 1.165) is 25.0 Å². The summed E-state index contributed by atoms with van der Waals surface area (Å²) in [5.74, 6) is -0.366. The molecule has 0 bridgehead atoms. The zero-order valence-corrected chi connectivity index (χ0v) is 13.3. The average molecular weight is 336 g/mol. The topological polar surface area (TPSA) is 66.4 Å². The van der Waals surface area contributed by atoms with Gasteiger partial charge in [-0.05, 0) is 49.8 Å². The van der Waals surface area contributed by atoms with Gasteiger partial charge in [0.25, 0.3) is 0 Å². The fraction of sp³-hybridized carbons (Fsp3) is 0.571. The van der Waals surface area contributed by atoms with Gasteiger partial charge in [0.1, 0.15) is 10.7 Å². The molecule has 0 spiro atoms. The highest BCUT2D eigenvalue weighted by atomic mass is 35.5. The van der Waals surface area contributed by atoms with Gasteiger partial charge in [-0.25, -0.2) is 17.5 Å². The predicted molar refractivity (Wildman–Crippen MR) is 79.2 cm³/mol. The Balaban J connectivity index is 2.08. The summed E-state index contributed by atoms with van der Waals surface area (Å²) in [6.07, 6.45) is 2.79. The molecular formula is C14H19ClFNO3S. The Hall–Kier alpha value is -0.690. The van der Waals surface area contributed by atoms with Crippen molar-refractivity contribution in [2.75, 3.05) is 6.54 Å². The minimum absolute atomic E-state index is 0.107. The number of nitrogens with one attached hydrogen (secondary N) is 1. The summed E-state index contributed by atoms with van der Waals surface area (Å²) < 4.78 is 40.2. The van der Waals surface area contributed by atoms with Crippen molar-refractivity contribution in [1.82, 2.24) is 4.72 Å². The van der Waals surface area contributed by atoms with Gasteiger partial charge in [0.2, 0.25) is 10.0 Å². The van der Waals surface area contributed by atoms with Crippen molar-refractivity contribution in [2.45, 2.75) is 43.1 Å². The normalized spacial score (nSPS) is 26.8. The Bertz CT molecular complexity index is 613. The van der Waals surface area contributed by atoms with Crippen LogP contribution in [0.1, 0.15) is 32.6 Å². The molecule has 1 aromatic rings. The lowest BCUT2D eigenvalue weighted by molar-refractivity contribution is -0.00183. The van der Waals surface area contributed by atoms with Gasteiger partial charge >= 0.3 is 0 Å². The second-order valence-corrected chi connectivity index (χ2v) is 7.98. The van der Waals surface area contributed by atoms with Crippen molar-refractivity contribution in [2.24, 2.45) is 5.92 Å². The second kappa shape index (κ2) is 6.20. The Morgan fingerprint density at radius 1 is 1.43 bits per heavy atom. The average Bonchev–Trinajstić information content (AvgIpc) is 2.40. The number of aliphatic hydroxyl groups is 1. The van der Waals surface area contributed by atoms with Crippen molar-refractivity contribution in [3.63, 3.8) is 0 Å². The first-order chi connectivity index (χ1) is 9.72. The molecule has 1 saturated carbocycles. The van der Waals surface area contributed by atoms with Gasteiger partial charge in [-0.3, -0.25) is 0 Å². The van der Waals surface area contributed by atoms with E-state index in [1.165, 1.54) is 6.07 Å². The van der Waals surface area contributed by atoms with Crippen molar-refractivity contribution < 1.29 is 17.9 Å². The number of rotatable bonds is 4. The van der Waals surface area contributed by atoms with Crippen LogP contribution in [-0.4, -0.2) is 25.7 Å². The molecule has 7 heteroatoms. The minimum Gasteiger partial charge on any atom is -0.389 e. The van der Waals surface area contributed by atoms with Crippen LogP contribution in [0.2, 0.25) is 5.02 Å². The van der Waals surface area contributed by atoms with Crippen LogP contribution in [0.25, 0.3) is 0 Å². The molecule has 1 fully saturated rings. The van der Waals surface area contributed by atoms with Crippen LogP contribution < -0.4 is 4.72 Å². The third-order valence-corrected chi connectivity index (χ3v) is 5.65. The largest absolute Gasteiger partial charge is 0.389 e. The van der Waals surface area contributed by atoms with E-state index in [4.69, 9.17) is 11.6 Å². The van der Waals surface area contributed by atoms with E-state index in [1.54, 1.807) is 0 Å². The zero-order valence-electron chi connectivity index (χ0n) is 11.8. The summed E-state index contributed by atoms with van der Waals surface area (Å²) in [6, 6.07) is 3.39. The quantitative estimate of drug-likeness (QED) is 0.889. The van der Waals surface area contributed by atoms with Crippen LogP contribution >= 0.6 is 11.6 Å². The van der Waals surface area contributed by atoms with Crippen LogP contribution in [0, 0.1) is 11.7 Å². The smallest absolute Gasteiger partial charge is 0.243 e. The molecule has 0 aromatic heterocycles.